The fourth-order valence-electron chi connectivity index (χ4n) is 4.71. The number of carbonyl (C=O) groups is 2. The highest BCUT2D eigenvalue weighted by Crippen LogP contribution is 2.54. The van der Waals surface area contributed by atoms with Crippen LogP contribution in [0.4, 0.5) is 0 Å². The van der Waals surface area contributed by atoms with E-state index in [-0.39, 0.29) is 25.2 Å². The van der Waals surface area contributed by atoms with Gasteiger partial charge >= 0.3 is 5.97 Å². The van der Waals surface area contributed by atoms with Crippen LogP contribution in [0.25, 0.3) is 0 Å². The summed E-state index contributed by atoms with van der Waals surface area (Å²) in [5, 5.41) is 13.4. The van der Waals surface area contributed by atoms with Crippen molar-refractivity contribution in [3.63, 3.8) is 0 Å². The molecule has 0 saturated carbocycles. The first kappa shape index (κ1) is 20.2. The molecule has 5 nitrogen and oxygen atoms in total. The van der Waals surface area contributed by atoms with Gasteiger partial charge in [0.05, 0.1) is 12.0 Å². The van der Waals surface area contributed by atoms with Crippen LogP contribution < -0.4 is 5.32 Å². The van der Waals surface area contributed by atoms with Gasteiger partial charge in [0.2, 0.25) is 5.91 Å². The molecule has 2 heterocycles. The van der Waals surface area contributed by atoms with Gasteiger partial charge in [-0.3, -0.25) is 4.79 Å². The SMILES string of the molecule is C.CC[C@@]12OC(=O)[C@]1(CC[C@@H](O)[C@@H]1C=CCCC1)NC(=O)[C@@H]2CCCl. The number of amides is 1. The maximum Gasteiger partial charge on any atom is 0.336 e. The predicted octanol–water partition coefficient (Wildman–Crippen LogP) is 2.94. The number of rotatable bonds is 7. The molecule has 0 unspecified atom stereocenters. The molecule has 2 fully saturated rings. The van der Waals surface area contributed by atoms with Gasteiger partial charge in [-0.25, -0.2) is 4.79 Å². The highest BCUT2D eigenvalue weighted by Gasteiger charge is 2.76. The van der Waals surface area contributed by atoms with Crippen LogP contribution in [0.15, 0.2) is 12.2 Å². The predicted molar refractivity (Wildman–Crippen MR) is 97.3 cm³/mol. The highest BCUT2D eigenvalue weighted by atomic mass is 35.5. The van der Waals surface area contributed by atoms with E-state index in [1.54, 1.807) is 0 Å². The number of alkyl halides is 1. The average molecular weight is 372 g/mol. The lowest BCUT2D eigenvalue weighted by atomic mass is 9.65. The standard InChI is InChI=1S/C18H26ClNO4.CH4/c1-2-18-13(9-11-19)15(22)20-17(18,16(23)24-18)10-8-14(21)12-6-4-3-5-7-12;/h4,6,12-14,21H,2-3,5,7-11H2,1H3,(H,20,22);1H4/t12-,13+,14-,17+,18+;/m1./s1. The molecule has 2 saturated heterocycles. The number of halogens is 1. The number of carbonyl (C=O) groups excluding carboxylic acids is 2. The van der Waals surface area contributed by atoms with E-state index in [0.29, 0.717) is 31.6 Å². The van der Waals surface area contributed by atoms with Gasteiger partial charge in [0.1, 0.15) is 0 Å². The molecule has 2 N–H and O–H groups in total. The Morgan fingerprint density at radius 2 is 2.24 bits per heavy atom. The van der Waals surface area contributed by atoms with Crippen molar-refractivity contribution in [2.24, 2.45) is 11.8 Å². The normalized spacial score (nSPS) is 37.4. The second-order valence-corrected chi connectivity index (χ2v) is 7.56. The largest absolute Gasteiger partial charge is 0.453 e. The van der Waals surface area contributed by atoms with Gasteiger partial charge in [-0.1, -0.05) is 26.5 Å². The van der Waals surface area contributed by atoms with Crippen LogP contribution in [-0.2, 0) is 14.3 Å². The van der Waals surface area contributed by atoms with Crippen molar-refractivity contribution in [1.29, 1.82) is 0 Å². The Bertz CT molecular complexity index is 552. The lowest BCUT2D eigenvalue weighted by Crippen LogP contribution is -2.75. The second-order valence-electron chi connectivity index (χ2n) is 7.19. The fourth-order valence-corrected chi connectivity index (χ4v) is 4.93. The van der Waals surface area contributed by atoms with Gasteiger partial charge in [-0.2, -0.15) is 0 Å². The molecular weight excluding hydrogens is 342 g/mol. The number of allylic oxidation sites excluding steroid dienone is 1. The third kappa shape index (κ3) is 2.99. The maximum atomic E-state index is 12.4. The summed E-state index contributed by atoms with van der Waals surface area (Å²) < 4.78 is 5.54. The lowest BCUT2D eigenvalue weighted by Gasteiger charge is -2.53. The molecule has 0 bridgehead atoms. The molecule has 3 aliphatic rings. The number of fused-ring (bicyclic) bond motifs is 1. The minimum atomic E-state index is -0.991. The van der Waals surface area contributed by atoms with Crippen molar-refractivity contribution < 1.29 is 19.4 Å². The van der Waals surface area contributed by atoms with Crippen LogP contribution in [0.2, 0.25) is 0 Å². The van der Waals surface area contributed by atoms with Crippen molar-refractivity contribution in [2.75, 3.05) is 5.88 Å². The Labute approximate surface area is 155 Å². The zero-order valence-corrected chi connectivity index (χ0v) is 14.8. The van der Waals surface area contributed by atoms with Crippen LogP contribution in [-0.4, -0.2) is 40.1 Å². The van der Waals surface area contributed by atoms with E-state index < -0.39 is 23.2 Å². The molecule has 2 aliphatic heterocycles. The van der Waals surface area contributed by atoms with E-state index in [1.807, 2.05) is 6.92 Å². The third-order valence-corrected chi connectivity index (χ3v) is 6.30. The van der Waals surface area contributed by atoms with Crippen LogP contribution in [0.1, 0.15) is 59.3 Å². The molecule has 142 valence electrons. The molecule has 1 aliphatic carbocycles. The smallest absolute Gasteiger partial charge is 0.336 e. The minimum Gasteiger partial charge on any atom is -0.453 e. The van der Waals surface area contributed by atoms with Gasteiger partial charge in [-0.05, 0) is 44.9 Å². The van der Waals surface area contributed by atoms with Crippen LogP contribution >= 0.6 is 11.6 Å². The van der Waals surface area contributed by atoms with E-state index in [1.165, 1.54) is 0 Å². The van der Waals surface area contributed by atoms with Crippen LogP contribution in [0.5, 0.6) is 0 Å². The minimum absolute atomic E-state index is 0. The first-order chi connectivity index (χ1) is 11.5. The summed E-state index contributed by atoms with van der Waals surface area (Å²) in [6.45, 7) is 1.93. The molecule has 0 aromatic carbocycles. The Morgan fingerprint density at radius 3 is 2.80 bits per heavy atom. The van der Waals surface area contributed by atoms with Gasteiger partial charge in [0, 0.05) is 11.8 Å². The Hall–Kier alpha value is -1.07. The van der Waals surface area contributed by atoms with Crippen molar-refractivity contribution in [1.82, 2.24) is 5.32 Å². The summed E-state index contributed by atoms with van der Waals surface area (Å²) in [6, 6.07) is 0. The molecular formula is C19H30ClNO4. The Kier molecular flexibility index (Phi) is 6.21. The summed E-state index contributed by atoms with van der Waals surface area (Å²) >= 11 is 5.85. The summed E-state index contributed by atoms with van der Waals surface area (Å²) in [6.07, 6.45) is 8.74. The van der Waals surface area contributed by atoms with E-state index in [0.717, 1.165) is 19.3 Å². The third-order valence-electron chi connectivity index (χ3n) is 6.09. The van der Waals surface area contributed by atoms with Gasteiger partial charge in [0.15, 0.2) is 11.1 Å². The van der Waals surface area contributed by atoms with E-state index in [9.17, 15) is 14.7 Å². The highest BCUT2D eigenvalue weighted by molar-refractivity contribution is 6.18. The molecule has 0 aromatic heterocycles. The van der Waals surface area contributed by atoms with E-state index in [4.69, 9.17) is 16.3 Å². The zero-order valence-electron chi connectivity index (χ0n) is 14.1. The number of hydrogen-bond acceptors (Lipinski definition) is 4. The molecule has 5 atom stereocenters. The summed E-state index contributed by atoms with van der Waals surface area (Å²) in [7, 11) is 0. The first-order valence-electron chi connectivity index (χ1n) is 8.97. The zero-order chi connectivity index (χ0) is 17.4. The molecule has 6 heteroatoms. The quantitative estimate of drug-likeness (QED) is 0.410. The Balaban J connectivity index is 0.00000225. The molecule has 0 spiro atoms. The Morgan fingerprint density at radius 1 is 1.48 bits per heavy atom. The summed E-state index contributed by atoms with van der Waals surface area (Å²) in [5.41, 5.74) is -1.80. The monoisotopic (exact) mass is 371 g/mol. The molecule has 25 heavy (non-hydrogen) atoms. The van der Waals surface area contributed by atoms with Crippen molar-refractivity contribution >= 4 is 23.5 Å². The maximum absolute atomic E-state index is 12.4. The van der Waals surface area contributed by atoms with Crippen molar-refractivity contribution in [3.05, 3.63) is 12.2 Å². The number of ether oxygens (including phenoxy) is 1. The number of aliphatic hydroxyl groups is 1. The molecule has 0 aromatic rings. The van der Waals surface area contributed by atoms with Gasteiger partial charge in [0.25, 0.3) is 0 Å². The van der Waals surface area contributed by atoms with Gasteiger partial charge < -0.3 is 15.2 Å². The lowest BCUT2D eigenvalue weighted by molar-refractivity contribution is -0.227. The van der Waals surface area contributed by atoms with Gasteiger partial charge in [-0.15, -0.1) is 11.6 Å². The number of hydrogen-bond donors (Lipinski definition) is 2. The number of aliphatic hydroxyl groups excluding tert-OH is 1. The number of nitrogens with one attached hydrogen (secondary N) is 1. The molecule has 0 radical (unpaired) electrons. The van der Waals surface area contributed by atoms with E-state index in [2.05, 4.69) is 17.5 Å². The van der Waals surface area contributed by atoms with Crippen molar-refractivity contribution in [2.45, 2.75) is 76.5 Å². The van der Waals surface area contributed by atoms with E-state index >= 15 is 0 Å². The topological polar surface area (TPSA) is 75.6 Å². The summed E-state index contributed by atoms with van der Waals surface area (Å²) in [4.78, 5) is 24.7. The molecule has 3 rings (SSSR count). The fraction of sp³-hybridized carbons (Fsp3) is 0.789. The second kappa shape index (κ2) is 7.67. The van der Waals surface area contributed by atoms with Crippen molar-refractivity contribution in [3.8, 4) is 0 Å². The van der Waals surface area contributed by atoms with Crippen LogP contribution in [0.3, 0.4) is 0 Å². The summed E-state index contributed by atoms with van der Waals surface area (Å²) in [5.74, 6) is -0.442. The average Bonchev–Trinajstić information content (AvgIpc) is 2.79. The molecule has 1 amide bonds. The van der Waals surface area contributed by atoms with Crippen LogP contribution in [0, 0.1) is 11.8 Å². The first-order valence-corrected chi connectivity index (χ1v) is 9.50. The number of esters is 1.